The van der Waals surface area contributed by atoms with Crippen LogP contribution in [0, 0.1) is 0 Å². The average molecular weight is 342 g/mol. The molecule has 0 atom stereocenters. The lowest BCUT2D eigenvalue weighted by Gasteiger charge is -2.10. The minimum atomic E-state index is 0.291. The van der Waals surface area contributed by atoms with Crippen LogP contribution in [0.4, 0.5) is 11.4 Å². The van der Waals surface area contributed by atoms with E-state index in [1.165, 1.54) is 0 Å². The van der Waals surface area contributed by atoms with E-state index in [4.69, 9.17) is 17.3 Å². The molecule has 0 aliphatic carbocycles. The van der Waals surface area contributed by atoms with Crippen molar-refractivity contribution in [2.24, 2.45) is 10.7 Å². The van der Waals surface area contributed by atoms with Gasteiger partial charge in [-0.15, -0.1) is 0 Å². The summed E-state index contributed by atoms with van der Waals surface area (Å²) in [5.41, 5.74) is 8.62. The molecular formula is C18H16ClN3S. The highest BCUT2D eigenvalue weighted by molar-refractivity contribution is 7.79. The molecule has 3 aromatic rings. The number of nitrogens with zero attached hydrogens (tertiary/aromatic N) is 1. The van der Waals surface area contributed by atoms with Crippen LogP contribution in [0.5, 0.6) is 0 Å². The zero-order valence-corrected chi connectivity index (χ0v) is 14.0. The number of benzene rings is 3. The molecule has 0 heterocycles. The Hall–Kier alpha value is -2.17. The van der Waals surface area contributed by atoms with Crippen LogP contribution in [0.15, 0.2) is 65.7 Å². The van der Waals surface area contributed by atoms with Crippen molar-refractivity contribution in [2.75, 3.05) is 5.32 Å². The first-order chi connectivity index (χ1) is 11.2. The van der Waals surface area contributed by atoms with Gasteiger partial charge in [0, 0.05) is 16.8 Å². The number of hydrogen-bond acceptors (Lipinski definition) is 2. The van der Waals surface area contributed by atoms with E-state index in [1.54, 1.807) is 6.07 Å². The van der Waals surface area contributed by atoms with Gasteiger partial charge in [0.25, 0.3) is 0 Å². The summed E-state index contributed by atoms with van der Waals surface area (Å²) in [5.74, 6) is 0.913. The van der Waals surface area contributed by atoms with Crippen molar-refractivity contribution in [3.05, 3.63) is 71.2 Å². The first kappa shape index (κ1) is 15.7. The molecule has 0 aliphatic heterocycles. The van der Waals surface area contributed by atoms with Crippen molar-refractivity contribution in [3.63, 3.8) is 0 Å². The van der Waals surface area contributed by atoms with Gasteiger partial charge in [-0.2, -0.15) is 12.6 Å². The Morgan fingerprint density at radius 3 is 2.70 bits per heavy atom. The third-order valence-electron chi connectivity index (χ3n) is 3.49. The van der Waals surface area contributed by atoms with Gasteiger partial charge in [-0.05, 0) is 29.1 Å². The molecule has 116 valence electrons. The molecule has 0 amide bonds. The smallest absolute Gasteiger partial charge is 0.198 e. The van der Waals surface area contributed by atoms with Crippen molar-refractivity contribution >= 4 is 52.3 Å². The van der Waals surface area contributed by atoms with Gasteiger partial charge >= 0.3 is 0 Å². The molecule has 0 spiro atoms. The van der Waals surface area contributed by atoms with Gasteiger partial charge in [0.1, 0.15) is 0 Å². The van der Waals surface area contributed by atoms with Crippen LogP contribution in [-0.2, 0) is 5.75 Å². The molecule has 0 aromatic heterocycles. The van der Waals surface area contributed by atoms with Crippen LogP contribution >= 0.6 is 24.2 Å². The fraction of sp³-hybridized carbons (Fsp3) is 0.0556. The van der Waals surface area contributed by atoms with Crippen LogP contribution < -0.4 is 11.1 Å². The third kappa shape index (κ3) is 3.60. The summed E-state index contributed by atoms with van der Waals surface area (Å²) >= 11 is 10.4. The van der Waals surface area contributed by atoms with E-state index in [-0.39, 0.29) is 0 Å². The normalized spacial score (nSPS) is 11.7. The second kappa shape index (κ2) is 6.94. The fourth-order valence-corrected chi connectivity index (χ4v) is 2.73. The van der Waals surface area contributed by atoms with E-state index in [9.17, 15) is 0 Å². The molecule has 3 N–H and O–H groups in total. The number of anilines is 1. The largest absolute Gasteiger partial charge is 0.369 e. The lowest BCUT2D eigenvalue weighted by molar-refractivity contribution is 1.38. The van der Waals surface area contributed by atoms with E-state index in [1.807, 2.05) is 42.5 Å². The topological polar surface area (TPSA) is 50.4 Å². The molecule has 0 fully saturated rings. The van der Waals surface area contributed by atoms with Gasteiger partial charge in [-0.3, -0.25) is 0 Å². The quantitative estimate of drug-likeness (QED) is 0.357. The minimum Gasteiger partial charge on any atom is -0.369 e. The molecule has 0 unspecified atom stereocenters. The highest BCUT2D eigenvalue weighted by atomic mass is 35.5. The highest BCUT2D eigenvalue weighted by Gasteiger charge is 2.04. The summed E-state index contributed by atoms with van der Waals surface area (Å²) in [6.07, 6.45) is 0. The van der Waals surface area contributed by atoms with Gasteiger partial charge in [-0.1, -0.05) is 54.1 Å². The van der Waals surface area contributed by atoms with E-state index < -0.39 is 0 Å². The average Bonchev–Trinajstić information content (AvgIpc) is 2.57. The summed E-state index contributed by atoms with van der Waals surface area (Å²) in [4.78, 5) is 4.39. The zero-order valence-electron chi connectivity index (χ0n) is 12.3. The monoisotopic (exact) mass is 341 g/mol. The minimum absolute atomic E-state index is 0.291. The van der Waals surface area contributed by atoms with E-state index in [0.717, 1.165) is 22.0 Å². The molecule has 0 radical (unpaired) electrons. The summed E-state index contributed by atoms with van der Waals surface area (Å²) < 4.78 is 0. The van der Waals surface area contributed by atoms with Crippen molar-refractivity contribution < 1.29 is 0 Å². The first-order valence-electron chi connectivity index (χ1n) is 7.15. The van der Waals surface area contributed by atoms with E-state index >= 15 is 0 Å². The van der Waals surface area contributed by atoms with Gasteiger partial charge in [-0.25, -0.2) is 4.99 Å². The van der Waals surface area contributed by atoms with Crippen molar-refractivity contribution in [3.8, 4) is 0 Å². The van der Waals surface area contributed by atoms with Crippen molar-refractivity contribution in [1.29, 1.82) is 0 Å². The summed E-state index contributed by atoms with van der Waals surface area (Å²) in [5, 5.41) is 5.93. The van der Waals surface area contributed by atoms with Crippen LogP contribution in [0.25, 0.3) is 10.8 Å². The Bertz CT molecular complexity index is 872. The molecule has 5 heteroatoms. The maximum atomic E-state index is 6.18. The number of hydrogen-bond donors (Lipinski definition) is 3. The lowest BCUT2D eigenvalue weighted by atomic mass is 10.1. The number of nitrogens with two attached hydrogens (primary N) is 1. The SMILES string of the molecule is NC(=Nc1cc(CS)ccc1Cl)Nc1cccc2ccccc12. The zero-order chi connectivity index (χ0) is 16.2. The number of aliphatic imine (C=N–C) groups is 1. The number of fused-ring (bicyclic) bond motifs is 1. The molecule has 3 aromatic carbocycles. The summed E-state index contributed by atoms with van der Waals surface area (Å²) in [7, 11) is 0. The molecule has 23 heavy (non-hydrogen) atoms. The van der Waals surface area contributed by atoms with Gasteiger partial charge in [0.2, 0.25) is 0 Å². The number of nitrogens with one attached hydrogen (secondary N) is 1. The predicted molar refractivity (Wildman–Crippen MR) is 103 cm³/mol. The molecule has 0 saturated carbocycles. The van der Waals surface area contributed by atoms with Gasteiger partial charge < -0.3 is 11.1 Å². The first-order valence-corrected chi connectivity index (χ1v) is 8.16. The number of rotatable bonds is 3. The van der Waals surface area contributed by atoms with Crippen molar-refractivity contribution in [1.82, 2.24) is 0 Å². The Kier molecular flexibility index (Phi) is 4.74. The van der Waals surface area contributed by atoms with Crippen LogP contribution in [-0.4, -0.2) is 5.96 Å². The number of halogens is 1. The fourth-order valence-electron chi connectivity index (χ4n) is 2.37. The molecule has 0 bridgehead atoms. The molecule has 3 nitrogen and oxygen atoms in total. The van der Waals surface area contributed by atoms with Gasteiger partial charge in [0.15, 0.2) is 5.96 Å². The maximum absolute atomic E-state index is 6.18. The second-order valence-corrected chi connectivity index (χ2v) is 5.82. The molecule has 3 rings (SSSR count). The summed E-state index contributed by atoms with van der Waals surface area (Å²) in [6, 6.07) is 19.7. The predicted octanol–water partition coefficient (Wildman–Crippen LogP) is 4.98. The Balaban J connectivity index is 1.93. The maximum Gasteiger partial charge on any atom is 0.198 e. The molecule has 0 saturated heterocycles. The molecular weight excluding hydrogens is 326 g/mol. The van der Waals surface area contributed by atoms with E-state index in [2.05, 4.69) is 35.1 Å². The molecule has 0 aliphatic rings. The van der Waals surface area contributed by atoms with Crippen LogP contribution in [0.1, 0.15) is 5.56 Å². The lowest BCUT2D eigenvalue weighted by Crippen LogP contribution is -2.22. The summed E-state index contributed by atoms with van der Waals surface area (Å²) in [6.45, 7) is 0. The number of thiol groups is 1. The second-order valence-electron chi connectivity index (χ2n) is 5.09. The van der Waals surface area contributed by atoms with Crippen molar-refractivity contribution in [2.45, 2.75) is 5.75 Å². The Morgan fingerprint density at radius 1 is 1.09 bits per heavy atom. The van der Waals surface area contributed by atoms with E-state index in [0.29, 0.717) is 22.4 Å². The number of guanidine groups is 1. The van der Waals surface area contributed by atoms with Gasteiger partial charge in [0.05, 0.1) is 10.7 Å². The Labute approximate surface area is 145 Å². The van der Waals surface area contributed by atoms with Crippen LogP contribution in [0.2, 0.25) is 5.02 Å². The Morgan fingerprint density at radius 2 is 1.87 bits per heavy atom. The van der Waals surface area contributed by atoms with Crippen LogP contribution in [0.3, 0.4) is 0 Å². The third-order valence-corrected chi connectivity index (χ3v) is 4.17. The standard InChI is InChI=1S/C18H16ClN3S/c19-15-9-8-12(11-23)10-17(15)22-18(20)21-16-7-3-5-13-4-1-2-6-14(13)16/h1-10,23H,11H2,(H3,20,21,22). The highest BCUT2D eigenvalue weighted by Crippen LogP contribution is 2.27.